The molecule has 1 N–H and O–H groups in total. The van der Waals surface area contributed by atoms with Gasteiger partial charge in [-0.3, -0.25) is 4.79 Å². The molecule has 0 aliphatic carbocycles. The minimum Gasteiger partial charge on any atom is -0.340 e. The van der Waals surface area contributed by atoms with Gasteiger partial charge in [-0.15, -0.1) is 0 Å². The zero-order valence-corrected chi connectivity index (χ0v) is 18.1. The van der Waals surface area contributed by atoms with Crippen molar-refractivity contribution >= 4 is 28.5 Å². The van der Waals surface area contributed by atoms with Crippen molar-refractivity contribution in [3.8, 4) is 5.69 Å². The number of fused-ring (bicyclic) bond motifs is 1. The molecule has 10 heteroatoms. The number of aromatic amines is 1. The second-order valence-electron chi connectivity index (χ2n) is 7.94. The lowest BCUT2D eigenvalue weighted by atomic mass is 10.00. The molecule has 0 saturated carbocycles. The number of carbonyl (C=O) groups excluding carboxylic acids is 1. The fourth-order valence-corrected chi connectivity index (χ4v) is 4.43. The fraction of sp³-hybridized carbons (Fsp3) is 0.261. The number of hydrogen-bond donors (Lipinski definition) is 1. The van der Waals surface area contributed by atoms with E-state index in [2.05, 4.69) is 15.1 Å². The number of likely N-dealkylation sites (tertiary alicyclic amines) is 1. The van der Waals surface area contributed by atoms with Crippen LogP contribution in [0, 0.1) is 0 Å². The Morgan fingerprint density at radius 1 is 1.09 bits per heavy atom. The van der Waals surface area contributed by atoms with Crippen molar-refractivity contribution in [2.75, 3.05) is 6.54 Å². The van der Waals surface area contributed by atoms with E-state index in [4.69, 9.17) is 11.6 Å². The van der Waals surface area contributed by atoms with Gasteiger partial charge in [0, 0.05) is 11.6 Å². The number of carbonyl (C=O) groups is 1. The lowest BCUT2D eigenvalue weighted by molar-refractivity contribution is -0.143. The number of halogens is 4. The summed E-state index contributed by atoms with van der Waals surface area (Å²) >= 11 is 5.87. The van der Waals surface area contributed by atoms with Crippen molar-refractivity contribution in [1.82, 2.24) is 24.6 Å². The first-order valence-electron chi connectivity index (χ1n) is 10.5. The maximum Gasteiger partial charge on any atom is 0.434 e. The summed E-state index contributed by atoms with van der Waals surface area (Å²) < 4.78 is 43.1. The highest BCUT2D eigenvalue weighted by Gasteiger charge is 2.43. The van der Waals surface area contributed by atoms with E-state index in [9.17, 15) is 18.0 Å². The Morgan fingerprint density at radius 3 is 2.58 bits per heavy atom. The first-order valence-corrected chi connectivity index (χ1v) is 10.9. The van der Waals surface area contributed by atoms with Gasteiger partial charge >= 0.3 is 6.18 Å². The second-order valence-corrected chi connectivity index (χ2v) is 8.38. The van der Waals surface area contributed by atoms with Gasteiger partial charge in [-0.2, -0.15) is 18.3 Å². The van der Waals surface area contributed by atoms with Crippen molar-refractivity contribution in [3.63, 3.8) is 0 Å². The molecule has 1 aliphatic heterocycles. The fourth-order valence-electron chi connectivity index (χ4n) is 4.30. The van der Waals surface area contributed by atoms with Crippen LogP contribution < -0.4 is 0 Å². The molecule has 4 aromatic rings. The van der Waals surface area contributed by atoms with Gasteiger partial charge in [0.1, 0.15) is 5.82 Å². The van der Waals surface area contributed by atoms with E-state index in [1.54, 1.807) is 0 Å². The van der Waals surface area contributed by atoms with Crippen molar-refractivity contribution in [3.05, 3.63) is 76.8 Å². The third-order valence-corrected chi connectivity index (χ3v) is 6.08. The van der Waals surface area contributed by atoms with Crippen LogP contribution in [0.4, 0.5) is 13.2 Å². The Morgan fingerprint density at radius 2 is 1.85 bits per heavy atom. The number of amides is 1. The molecule has 6 nitrogen and oxygen atoms in total. The van der Waals surface area contributed by atoms with E-state index < -0.39 is 29.4 Å². The molecule has 33 heavy (non-hydrogen) atoms. The van der Waals surface area contributed by atoms with Crippen molar-refractivity contribution in [2.24, 2.45) is 0 Å². The van der Waals surface area contributed by atoms with Gasteiger partial charge in [0.05, 0.1) is 34.5 Å². The molecule has 1 atom stereocenters. The number of aromatic nitrogens is 4. The maximum atomic E-state index is 14.1. The van der Waals surface area contributed by atoms with E-state index in [1.165, 1.54) is 29.2 Å². The number of nitrogens with one attached hydrogen (secondary N) is 1. The Bertz CT molecular complexity index is 1280. The average Bonchev–Trinajstić information content (AvgIpc) is 3.44. The standard InChI is InChI=1S/C23H19ClF3N5O/c24-14-8-10-15(11-9-14)32-20(23(25,26)27)16(13-28-32)22(33)31-12-4-3-7-19(31)21-29-17-5-1-2-6-18(17)30-21/h1-2,5-6,8-11,13,19H,3-4,7,12H2,(H,29,30). The number of piperidine rings is 1. The zero-order chi connectivity index (χ0) is 23.2. The number of hydrogen-bond acceptors (Lipinski definition) is 3. The topological polar surface area (TPSA) is 66.8 Å². The number of H-pyrrole nitrogens is 1. The van der Waals surface area contributed by atoms with Crippen LogP contribution >= 0.6 is 11.6 Å². The Balaban J connectivity index is 1.55. The van der Waals surface area contributed by atoms with Crippen LogP contribution in [0.15, 0.2) is 54.7 Å². The molecule has 5 rings (SSSR count). The van der Waals surface area contributed by atoms with Gasteiger partial charge in [0.25, 0.3) is 5.91 Å². The summed E-state index contributed by atoms with van der Waals surface area (Å²) in [4.78, 5) is 22.8. The molecule has 2 aromatic carbocycles. The molecular weight excluding hydrogens is 455 g/mol. The number of imidazole rings is 1. The number of benzene rings is 2. The normalized spacial score (nSPS) is 17.0. The van der Waals surface area contributed by atoms with Gasteiger partial charge in [0.2, 0.25) is 0 Å². The first kappa shape index (κ1) is 21.5. The number of rotatable bonds is 3. The minimum absolute atomic E-state index is 0.165. The molecule has 2 aromatic heterocycles. The van der Waals surface area contributed by atoms with Crippen molar-refractivity contribution in [2.45, 2.75) is 31.5 Å². The highest BCUT2D eigenvalue weighted by Crippen LogP contribution is 2.37. The minimum atomic E-state index is -4.79. The third-order valence-electron chi connectivity index (χ3n) is 5.83. The van der Waals surface area contributed by atoms with Crippen molar-refractivity contribution < 1.29 is 18.0 Å². The first-order chi connectivity index (χ1) is 15.8. The summed E-state index contributed by atoms with van der Waals surface area (Å²) in [6.45, 7) is 0.337. The van der Waals surface area contributed by atoms with E-state index in [1.807, 2.05) is 24.3 Å². The van der Waals surface area contributed by atoms with Gasteiger partial charge < -0.3 is 9.88 Å². The second kappa shape index (κ2) is 8.22. The van der Waals surface area contributed by atoms with Crippen LogP contribution in [0.3, 0.4) is 0 Å². The summed E-state index contributed by atoms with van der Waals surface area (Å²) in [5.41, 5.74) is 0.136. The molecule has 0 spiro atoms. The van der Waals surface area contributed by atoms with Crippen LogP contribution in [0.25, 0.3) is 16.7 Å². The van der Waals surface area contributed by atoms with E-state index in [0.717, 1.165) is 28.3 Å². The largest absolute Gasteiger partial charge is 0.434 e. The lowest BCUT2D eigenvalue weighted by Gasteiger charge is -2.34. The number of alkyl halides is 3. The monoisotopic (exact) mass is 473 g/mol. The summed E-state index contributed by atoms with van der Waals surface area (Å²) in [7, 11) is 0. The third kappa shape index (κ3) is 3.97. The van der Waals surface area contributed by atoms with Crippen LogP contribution in [-0.4, -0.2) is 37.1 Å². The van der Waals surface area contributed by atoms with Gasteiger partial charge in [0.15, 0.2) is 5.69 Å². The molecular formula is C23H19ClF3N5O. The molecule has 0 bridgehead atoms. The predicted octanol–water partition coefficient (Wildman–Crippen LogP) is 5.79. The summed E-state index contributed by atoms with van der Waals surface area (Å²) in [5.74, 6) is -0.143. The quantitative estimate of drug-likeness (QED) is 0.409. The lowest BCUT2D eigenvalue weighted by Crippen LogP contribution is -2.39. The molecule has 1 unspecified atom stereocenters. The molecule has 1 fully saturated rings. The Labute approximate surface area is 192 Å². The molecule has 3 heterocycles. The van der Waals surface area contributed by atoms with Gasteiger partial charge in [-0.05, 0) is 55.7 Å². The van der Waals surface area contributed by atoms with E-state index in [0.29, 0.717) is 30.2 Å². The van der Waals surface area contributed by atoms with Crippen LogP contribution in [-0.2, 0) is 6.18 Å². The Kier molecular flexibility index (Phi) is 5.36. The smallest absolute Gasteiger partial charge is 0.340 e. The molecule has 170 valence electrons. The number of para-hydroxylation sites is 2. The summed E-state index contributed by atoms with van der Waals surface area (Å²) in [5, 5.41) is 4.30. The van der Waals surface area contributed by atoms with Crippen molar-refractivity contribution in [1.29, 1.82) is 0 Å². The van der Waals surface area contributed by atoms with Crippen LogP contribution in [0.1, 0.15) is 47.2 Å². The van der Waals surface area contributed by atoms with Gasteiger partial charge in [-0.1, -0.05) is 23.7 Å². The highest BCUT2D eigenvalue weighted by atomic mass is 35.5. The molecule has 1 amide bonds. The highest BCUT2D eigenvalue weighted by molar-refractivity contribution is 6.30. The van der Waals surface area contributed by atoms with Crippen LogP contribution in [0.5, 0.6) is 0 Å². The molecule has 1 aliphatic rings. The SMILES string of the molecule is O=C(c1cnn(-c2ccc(Cl)cc2)c1C(F)(F)F)N1CCCCC1c1nc2ccccc2[nH]1. The van der Waals surface area contributed by atoms with E-state index in [-0.39, 0.29) is 5.69 Å². The molecule has 0 radical (unpaired) electrons. The van der Waals surface area contributed by atoms with Gasteiger partial charge in [-0.25, -0.2) is 9.67 Å². The summed E-state index contributed by atoms with van der Waals surface area (Å²) in [6, 6.07) is 12.8. The maximum absolute atomic E-state index is 14.1. The van der Waals surface area contributed by atoms with E-state index >= 15 is 0 Å². The molecule has 1 saturated heterocycles. The average molecular weight is 474 g/mol. The Hall–Kier alpha value is -3.33. The zero-order valence-electron chi connectivity index (χ0n) is 17.3. The van der Waals surface area contributed by atoms with Crippen LogP contribution in [0.2, 0.25) is 5.02 Å². The number of nitrogens with zero attached hydrogens (tertiary/aromatic N) is 4. The predicted molar refractivity (Wildman–Crippen MR) is 117 cm³/mol. The summed E-state index contributed by atoms with van der Waals surface area (Å²) in [6.07, 6.45) is -1.63.